The van der Waals surface area contributed by atoms with Gasteiger partial charge in [-0.3, -0.25) is 4.79 Å². The number of hydrogen-bond acceptors (Lipinski definition) is 8. The van der Waals surface area contributed by atoms with E-state index in [1.54, 1.807) is 25.2 Å². The summed E-state index contributed by atoms with van der Waals surface area (Å²) in [5.41, 5.74) is 1.94. The largest absolute Gasteiger partial charge is 0.480 e. The van der Waals surface area contributed by atoms with Gasteiger partial charge in [-0.2, -0.15) is 0 Å². The summed E-state index contributed by atoms with van der Waals surface area (Å²) in [6.07, 6.45) is 4.35. The van der Waals surface area contributed by atoms with Crippen LogP contribution in [0.1, 0.15) is 19.5 Å². The Balaban J connectivity index is 1.50. The maximum Gasteiger partial charge on any atom is 0.319 e. The van der Waals surface area contributed by atoms with Crippen LogP contribution < -0.4 is 5.32 Å². The van der Waals surface area contributed by atoms with Crippen LogP contribution in [0, 0.1) is 0 Å². The lowest BCUT2D eigenvalue weighted by Crippen LogP contribution is -2.26. The first-order chi connectivity index (χ1) is 12.4. The topological polar surface area (TPSA) is 88.0 Å². The van der Waals surface area contributed by atoms with Crippen molar-refractivity contribution in [2.45, 2.75) is 29.4 Å². The molecule has 0 aliphatic carbocycles. The lowest BCUT2D eigenvalue weighted by Gasteiger charge is -2.15. The Morgan fingerprint density at radius 1 is 1.31 bits per heavy atom. The molecule has 0 fully saturated rings. The van der Waals surface area contributed by atoms with E-state index in [1.807, 2.05) is 35.3 Å². The third kappa shape index (κ3) is 4.80. The molecule has 9 heteroatoms. The number of carbonyl (C=O) groups is 1. The molecule has 0 saturated heterocycles. The van der Waals surface area contributed by atoms with Gasteiger partial charge in [0.1, 0.15) is 4.75 Å². The van der Waals surface area contributed by atoms with E-state index in [-0.39, 0.29) is 0 Å². The molecule has 2 N–H and O–H groups in total. The number of aliphatic carboxylic acids is 1. The average molecular weight is 407 g/mol. The fraction of sp³-hybridized carbons (Fsp3) is 0.294. The van der Waals surface area contributed by atoms with Crippen molar-refractivity contribution >= 4 is 46.4 Å². The predicted octanol–water partition coefficient (Wildman–Crippen LogP) is 4.27. The molecule has 0 spiro atoms. The molecule has 0 aliphatic heterocycles. The van der Waals surface area contributed by atoms with Gasteiger partial charge in [0.15, 0.2) is 4.34 Å². The quantitative estimate of drug-likeness (QED) is 0.540. The average Bonchev–Trinajstić information content (AvgIpc) is 3.27. The van der Waals surface area contributed by atoms with Crippen molar-refractivity contribution in [1.29, 1.82) is 0 Å². The summed E-state index contributed by atoms with van der Waals surface area (Å²) in [6, 6.07) is 4.05. The molecule has 0 bridgehead atoms. The summed E-state index contributed by atoms with van der Waals surface area (Å²) in [6.45, 7) is 4.02. The Kier molecular flexibility index (Phi) is 5.90. The number of carboxylic acid groups (broad SMARTS) is 1. The molecule has 3 heterocycles. The second-order valence-electron chi connectivity index (χ2n) is 5.97. The van der Waals surface area contributed by atoms with E-state index in [0.29, 0.717) is 12.5 Å². The number of rotatable bonds is 8. The molecule has 0 saturated carbocycles. The van der Waals surface area contributed by atoms with Crippen molar-refractivity contribution in [3.8, 4) is 10.4 Å². The summed E-state index contributed by atoms with van der Waals surface area (Å²) in [5.74, 6) is -0.258. The Hall–Kier alpha value is -1.97. The van der Waals surface area contributed by atoms with Crippen LogP contribution in [0.3, 0.4) is 0 Å². The maximum atomic E-state index is 11.2. The van der Waals surface area contributed by atoms with Crippen LogP contribution >= 0.6 is 34.4 Å². The number of aromatic nitrogens is 3. The van der Waals surface area contributed by atoms with Gasteiger partial charge in [0.25, 0.3) is 0 Å². The van der Waals surface area contributed by atoms with Gasteiger partial charge in [-0.1, -0.05) is 17.8 Å². The second kappa shape index (κ2) is 8.15. The minimum atomic E-state index is -0.883. The number of hydrogen-bond donors (Lipinski definition) is 2. The molecule has 3 aromatic rings. The molecule has 0 unspecified atom stereocenters. The SMILES string of the molecule is CC(C)(Sc1nc(CCNc2ncc(-c3cccs3)cn2)cs1)C(=O)O. The zero-order valence-corrected chi connectivity index (χ0v) is 16.7. The lowest BCUT2D eigenvalue weighted by atomic mass is 10.2. The van der Waals surface area contributed by atoms with Crippen molar-refractivity contribution < 1.29 is 9.90 Å². The van der Waals surface area contributed by atoms with Crippen molar-refractivity contribution in [1.82, 2.24) is 15.0 Å². The summed E-state index contributed by atoms with van der Waals surface area (Å²) in [5, 5.41) is 16.4. The first-order valence-corrected chi connectivity index (χ1v) is 10.5. The molecule has 0 radical (unpaired) electrons. The summed E-state index contributed by atoms with van der Waals surface area (Å²) in [7, 11) is 0. The summed E-state index contributed by atoms with van der Waals surface area (Å²) in [4.78, 5) is 25.5. The lowest BCUT2D eigenvalue weighted by molar-refractivity contribution is -0.138. The third-order valence-corrected chi connectivity index (χ3v) is 6.60. The monoisotopic (exact) mass is 406 g/mol. The maximum absolute atomic E-state index is 11.2. The van der Waals surface area contributed by atoms with Crippen LogP contribution in [0.25, 0.3) is 10.4 Å². The van der Waals surface area contributed by atoms with Gasteiger partial charge in [-0.05, 0) is 25.3 Å². The number of anilines is 1. The minimum Gasteiger partial charge on any atom is -0.480 e. The zero-order chi connectivity index (χ0) is 18.6. The van der Waals surface area contributed by atoms with Gasteiger partial charge < -0.3 is 10.4 Å². The van der Waals surface area contributed by atoms with Crippen molar-refractivity contribution in [3.05, 3.63) is 41.0 Å². The molecule has 3 aromatic heterocycles. The van der Waals surface area contributed by atoms with Crippen molar-refractivity contribution in [2.24, 2.45) is 0 Å². The van der Waals surface area contributed by atoms with Crippen LogP contribution in [-0.4, -0.2) is 37.3 Å². The van der Waals surface area contributed by atoms with Crippen LogP contribution in [0.5, 0.6) is 0 Å². The fourth-order valence-corrected chi connectivity index (χ4v) is 4.93. The van der Waals surface area contributed by atoms with Gasteiger partial charge >= 0.3 is 5.97 Å². The van der Waals surface area contributed by atoms with E-state index >= 15 is 0 Å². The fourth-order valence-electron chi connectivity index (χ4n) is 2.00. The zero-order valence-electron chi connectivity index (χ0n) is 14.3. The predicted molar refractivity (Wildman–Crippen MR) is 107 cm³/mol. The molecule has 3 rings (SSSR count). The van der Waals surface area contributed by atoms with E-state index in [0.717, 1.165) is 26.9 Å². The van der Waals surface area contributed by atoms with E-state index in [2.05, 4.69) is 20.3 Å². The van der Waals surface area contributed by atoms with Crippen LogP contribution in [0.15, 0.2) is 39.6 Å². The molecule has 6 nitrogen and oxygen atoms in total. The first-order valence-electron chi connectivity index (χ1n) is 7.90. The molecular weight excluding hydrogens is 388 g/mol. The van der Waals surface area contributed by atoms with Crippen LogP contribution in [-0.2, 0) is 11.2 Å². The Bertz CT molecular complexity index is 861. The van der Waals surface area contributed by atoms with Gasteiger partial charge in [0.05, 0.1) is 5.69 Å². The first kappa shape index (κ1) is 18.8. The van der Waals surface area contributed by atoms with Gasteiger partial charge in [-0.25, -0.2) is 15.0 Å². The molecule has 136 valence electrons. The summed E-state index contributed by atoms with van der Waals surface area (Å²) < 4.78 is -0.116. The standard InChI is InChI=1S/C17H18N4O2S3/c1-17(2,14(22)23)26-16-21-12(10-25-16)5-6-18-15-19-8-11(9-20-15)13-4-3-7-24-13/h3-4,7-10H,5-6H2,1-2H3,(H,22,23)(H,18,19,20). The molecule has 0 atom stereocenters. The number of thioether (sulfide) groups is 1. The van der Waals surface area contributed by atoms with Gasteiger partial charge in [-0.15, -0.1) is 22.7 Å². The van der Waals surface area contributed by atoms with E-state index < -0.39 is 10.7 Å². The highest BCUT2D eigenvalue weighted by atomic mass is 32.2. The summed E-state index contributed by atoms with van der Waals surface area (Å²) >= 11 is 4.40. The molecule has 26 heavy (non-hydrogen) atoms. The second-order valence-corrected chi connectivity index (χ2v) is 9.65. The number of nitrogens with one attached hydrogen (secondary N) is 1. The third-order valence-electron chi connectivity index (χ3n) is 3.51. The van der Waals surface area contributed by atoms with Gasteiger partial charge in [0, 0.05) is 41.2 Å². The number of carboxylic acids is 1. The normalized spacial score (nSPS) is 11.5. The van der Waals surface area contributed by atoms with Crippen LogP contribution in [0.2, 0.25) is 0 Å². The number of thiophene rings is 1. The van der Waals surface area contributed by atoms with Gasteiger partial charge in [0.2, 0.25) is 5.95 Å². The van der Waals surface area contributed by atoms with Crippen molar-refractivity contribution in [2.75, 3.05) is 11.9 Å². The Labute approximate surface area is 163 Å². The number of thiazole rings is 1. The van der Waals surface area contributed by atoms with E-state index in [1.165, 1.54) is 23.1 Å². The smallest absolute Gasteiger partial charge is 0.319 e. The highest BCUT2D eigenvalue weighted by molar-refractivity contribution is 8.02. The molecule has 0 amide bonds. The van der Waals surface area contributed by atoms with E-state index in [9.17, 15) is 9.90 Å². The Morgan fingerprint density at radius 2 is 2.08 bits per heavy atom. The molecule has 0 aliphatic rings. The highest BCUT2D eigenvalue weighted by Crippen LogP contribution is 2.34. The Morgan fingerprint density at radius 3 is 2.73 bits per heavy atom. The minimum absolute atomic E-state index is 0.585. The van der Waals surface area contributed by atoms with E-state index in [4.69, 9.17) is 0 Å². The number of nitrogens with zero attached hydrogens (tertiary/aromatic N) is 3. The van der Waals surface area contributed by atoms with Crippen molar-refractivity contribution in [3.63, 3.8) is 0 Å². The highest BCUT2D eigenvalue weighted by Gasteiger charge is 2.29. The molecular formula is C17H18N4O2S3. The van der Waals surface area contributed by atoms with Crippen LogP contribution in [0.4, 0.5) is 5.95 Å². The molecule has 0 aromatic carbocycles.